The summed E-state index contributed by atoms with van der Waals surface area (Å²) >= 11 is 6.52. The third-order valence-electron chi connectivity index (χ3n) is 9.80. The Balaban J connectivity index is 1.30. The van der Waals surface area contributed by atoms with Crippen molar-refractivity contribution in [3.8, 4) is 5.75 Å². The number of anilines is 6. The van der Waals surface area contributed by atoms with Crippen molar-refractivity contribution in [3.05, 3.63) is 53.4 Å². The molecule has 2 aliphatic rings. The molecule has 13 nitrogen and oxygen atoms in total. The molecule has 2 saturated heterocycles. The van der Waals surface area contributed by atoms with Crippen LogP contribution in [-0.4, -0.2) is 109 Å². The highest BCUT2D eigenvalue weighted by molar-refractivity contribution is 7.93. The number of fused-ring (bicyclic) bond motifs is 1. The molecule has 0 bridgehead atoms. The maximum Gasteiger partial charge on any atom is 0.573 e. The number of piperidine rings is 1. The zero-order valence-corrected chi connectivity index (χ0v) is 31.9. The summed E-state index contributed by atoms with van der Waals surface area (Å²) < 4.78 is 73.8. The second kappa shape index (κ2) is 15.7. The summed E-state index contributed by atoms with van der Waals surface area (Å²) in [4.78, 5) is 24.4. The Morgan fingerprint density at radius 1 is 1.00 bits per heavy atom. The third kappa shape index (κ3) is 8.63. The summed E-state index contributed by atoms with van der Waals surface area (Å²) in [6.07, 6.45) is 1.68. The summed E-state index contributed by atoms with van der Waals surface area (Å²) in [6.45, 7) is 10.6. The molecule has 0 radical (unpaired) electrons. The Morgan fingerprint density at radius 3 is 2.36 bits per heavy atom. The lowest BCUT2D eigenvalue weighted by molar-refractivity contribution is -0.274. The van der Waals surface area contributed by atoms with Crippen LogP contribution >= 0.6 is 11.6 Å². The fourth-order valence-corrected chi connectivity index (χ4v) is 8.02. The largest absolute Gasteiger partial charge is 0.573 e. The SMILES string of the molecule is CCc1cc(Nc2ncc(Cl)c(Nc3ccc4nccnc4c3N(C)S(=O)(=O)C(C)C)n2)c(OC(F)(F)F)cc1N1CCC(N2CCN(C)CC2)CC1. The van der Waals surface area contributed by atoms with Crippen LogP contribution in [0.1, 0.15) is 39.2 Å². The molecule has 0 amide bonds. The predicted molar refractivity (Wildman–Crippen MR) is 202 cm³/mol. The number of nitrogens with zero attached hydrogens (tertiary/aromatic N) is 8. The molecule has 2 fully saturated rings. The van der Waals surface area contributed by atoms with Gasteiger partial charge < -0.3 is 25.2 Å². The zero-order valence-electron chi connectivity index (χ0n) is 30.3. The van der Waals surface area contributed by atoms with Gasteiger partial charge in [0.1, 0.15) is 16.2 Å². The van der Waals surface area contributed by atoms with Gasteiger partial charge in [0, 0.05) is 76.5 Å². The molecular formula is C35H44ClF3N10O3S. The molecule has 2 aliphatic heterocycles. The Labute approximate surface area is 312 Å². The van der Waals surface area contributed by atoms with E-state index in [9.17, 15) is 21.6 Å². The van der Waals surface area contributed by atoms with Gasteiger partial charge in [-0.05, 0) is 63.9 Å². The van der Waals surface area contributed by atoms with Crippen LogP contribution in [0.5, 0.6) is 5.75 Å². The Hall–Kier alpha value is -4.19. The number of alkyl halides is 3. The number of likely N-dealkylation sites (N-methyl/N-ethyl adjacent to an activating group) is 1. The van der Waals surface area contributed by atoms with Crippen molar-refractivity contribution in [1.29, 1.82) is 0 Å². The van der Waals surface area contributed by atoms with E-state index in [1.54, 1.807) is 32.0 Å². The number of aromatic nitrogens is 4. The van der Waals surface area contributed by atoms with Crippen LogP contribution in [0.25, 0.3) is 11.0 Å². The third-order valence-corrected chi connectivity index (χ3v) is 12.2. The second-order valence-electron chi connectivity index (χ2n) is 13.5. The van der Waals surface area contributed by atoms with Gasteiger partial charge in [-0.2, -0.15) is 4.98 Å². The van der Waals surface area contributed by atoms with Gasteiger partial charge in [-0.25, -0.2) is 13.4 Å². The quantitative estimate of drug-likeness (QED) is 0.175. The number of halogens is 4. The van der Waals surface area contributed by atoms with Crippen molar-refractivity contribution in [2.45, 2.75) is 57.7 Å². The van der Waals surface area contributed by atoms with Gasteiger partial charge in [-0.15, -0.1) is 13.2 Å². The standard InChI is InChI=1S/C35H44ClF3N10O3S/c1-6-23-19-28(30(52-35(37,38)39)20-29(23)49-13-9-24(10-14-49)48-17-15-46(4)16-18-48)44-34-42-21-25(36)33(45-34)43-27-8-7-26-31(41-12-11-40-26)32(27)47(5)53(50,51)22(2)3/h7-8,11-12,19-22,24H,6,9-10,13-18H2,1-5H3,(H2,42,43,44,45). The summed E-state index contributed by atoms with van der Waals surface area (Å²) in [7, 11) is -0.260. The van der Waals surface area contributed by atoms with Crippen LogP contribution in [0.15, 0.2) is 42.9 Å². The lowest BCUT2D eigenvalue weighted by atomic mass is 9.99. The van der Waals surface area contributed by atoms with E-state index in [1.807, 2.05) is 6.92 Å². The highest BCUT2D eigenvalue weighted by Gasteiger charge is 2.34. The van der Waals surface area contributed by atoms with E-state index < -0.39 is 27.4 Å². The molecule has 2 aromatic heterocycles. The average Bonchev–Trinajstić information content (AvgIpc) is 3.13. The number of nitrogens with one attached hydrogen (secondary N) is 2. The predicted octanol–water partition coefficient (Wildman–Crippen LogP) is 6.41. The van der Waals surface area contributed by atoms with E-state index in [1.165, 1.54) is 31.7 Å². The van der Waals surface area contributed by atoms with E-state index in [4.69, 9.17) is 11.6 Å². The topological polar surface area (TPSA) is 132 Å². The average molecular weight is 777 g/mol. The summed E-state index contributed by atoms with van der Waals surface area (Å²) in [5.41, 5.74) is 2.84. The normalized spacial score (nSPS) is 16.7. The second-order valence-corrected chi connectivity index (χ2v) is 16.5. The first kappa shape index (κ1) is 38.5. The van der Waals surface area contributed by atoms with Crippen molar-refractivity contribution in [3.63, 3.8) is 0 Å². The van der Waals surface area contributed by atoms with Gasteiger partial charge in [0.05, 0.1) is 28.3 Å². The molecule has 0 aliphatic carbocycles. The summed E-state index contributed by atoms with van der Waals surface area (Å²) in [6, 6.07) is 6.81. The molecule has 4 aromatic rings. The van der Waals surface area contributed by atoms with Gasteiger partial charge in [0.15, 0.2) is 11.6 Å². The number of aryl methyl sites for hydroxylation is 1. The summed E-state index contributed by atoms with van der Waals surface area (Å²) in [5, 5.41) is 5.33. The van der Waals surface area contributed by atoms with Gasteiger partial charge in [0.25, 0.3) is 0 Å². The highest BCUT2D eigenvalue weighted by Crippen LogP contribution is 2.41. The molecule has 2 N–H and O–H groups in total. The first-order valence-electron chi connectivity index (χ1n) is 17.5. The van der Waals surface area contributed by atoms with Gasteiger partial charge >= 0.3 is 6.36 Å². The zero-order chi connectivity index (χ0) is 38.1. The minimum atomic E-state index is -4.96. The lowest BCUT2D eigenvalue weighted by Crippen LogP contribution is -2.52. The van der Waals surface area contributed by atoms with E-state index in [2.05, 4.69) is 57.1 Å². The Bertz CT molecular complexity index is 2040. The maximum absolute atomic E-state index is 13.8. The number of ether oxygens (including phenoxy) is 1. The van der Waals surface area contributed by atoms with E-state index >= 15 is 0 Å². The van der Waals surface area contributed by atoms with E-state index in [0.29, 0.717) is 48.0 Å². The van der Waals surface area contributed by atoms with Crippen LogP contribution < -0.4 is 24.6 Å². The van der Waals surface area contributed by atoms with Crippen LogP contribution in [0.2, 0.25) is 5.02 Å². The first-order chi connectivity index (χ1) is 25.1. The highest BCUT2D eigenvalue weighted by atomic mass is 35.5. The van der Waals surface area contributed by atoms with Crippen molar-refractivity contribution in [1.82, 2.24) is 29.7 Å². The molecule has 0 unspecified atom stereocenters. The van der Waals surface area contributed by atoms with E-state index in [0.717, 1.165) is 48.9 Å². The van der Waals surface area contributed by atoms with Crippen LogP contribution in [0, 0.1) is 0 Å². The van der Waals surface area contributed by atoms with Crippen molar-refractivity contribution < 1.29 is 26.3 Å². The molecule has 286 valence electrons. The number of rotatable bonds is 11. The van der Waals surface area contributed by atoms with Gasteiger partial charge in [-0.1, -0.05) is 18.5 Å². The van der Waals surface area contributed by atoms with Crippen LogP contribution in [0.3, 0.4) is 0 Å². The fourth-order valence-electron chi connectivity index (χ4n) is 6.81. The number of benzene rings is 2. The Kier molecular flexibility index (Phi) is 11.4. The molecule has 0 saturated carbocycles. The molecule has 0 spiro atoms. The number of hydrogen-bond acceptors (Lipinski definition) is 12. The molecule has 18 heteroatoms. The minimum absolute atomic E-state index is 0.0212. The fraction of sp³-hybridized carbons (Fsp3) is 0.486. The van der Waals surface area contributed by atoms with Gasteiger partial charge in [-0.3, -0.25) is 19.2 Å². The van der Waals surface area contributed by atoms with Crippen molar-refractivity contribution >= 4 is 67.2 Å². The minimum Gasteiger partial charge on any atom is -0.403 e. The van der Waals surface area contributed by atoms with E-state index in [-0.39, 0.29) is 28.2 Å². The first-order valence-corrected chi connectivity index (χ1v) is 19.4. The van der Waals surface area contributed by atoms with Crippen molar-refractivity contribution in [2.75, 3.05) is 73.2 Å². The molecule has 4 heterocycles. The molecule has 53 heavy (non-hydrogen) atoms. The number of piperazine rings is 1. The number of hydrogen-bond donors (Lipinski definition) is 2. The van der Waals surface area contributed by atoms with Gasteiger partial charge in [0.2, 0.25) is 16.0 Å². The molecule has 2 aromatic carbocycles. The van der Waals surface area contributed by atoms with Crippen LogP contribution in [-0.2, 0) is 16.4 Å². The molecular weight excluding hydrogens is 733 g/mol. The maximum atomic E-state index is 13.8. The van der Waals surface area contributed by atoms with Crippen molar-refractivity contribution in [2.24, 2.45) is 0 Å². The smallest absolute Gasteiger partial charge is 0.403 e. The number of sulfonamides is 1. The molecule has 0 atom stereocenters. The summed E-state index contributed by atoms with van der Waals surface area (Å²) in [5.74, 6) is -0.426. The molecule has 6 rings (SSSR count). The lowest BCUT2D eigenvalue weighted by Gasteiger charge is -2.43. The monoisotopic (exact) mass is 776 g/mol. The Morgan fingerprint density at radius 2 is 1.70 bits per heavy atom. The van der Waals surface area contributed by atoms with Crippen LogP contribution in [0.4, 0.5) is 47.7 Å².